The van der Waals surface area contributed by atoms with Crippen molar-refractivity contribution in [2.45, 2.75) is 39.4 Å². The maximum absolute atomic E-state index is 12.1. The molecule has 1 aromatic carbocycles. The van der Waals surface area contributed by atoms with Crippen molar-refractivity contribution >= 4 is 23.7 Å². The smallest absolute Gasteiger partial charge is 0.410 e. The summed E-state index contributed by atoms with van der Waals surface area (Å²) in [5.41, 5.74) is 2.54. The van der Waals surface area contributed by atoms with Gasteiger partial charge in [0.05, 0.1) is 12.3 Å². The normalized spacial score (nSPS) is 11.1. The zero-order valence-electron chi connectivity index (χ0n) is 20.9. The summed E-state index contributed by atoms with van der Waals surface area (Å²) in [4.78, 5) is 33.4. The molecule has 35 heavy (non-hydrogen) atoms. The van der Waals surface area contributed by atoms with Gasteiger partial charge in [0.25, 0.3) is 0 Å². The van der Waals surface area contributed by atoms with E-state index in [1.165, 1.54) is 0 Å². The van der Waals surface area contributed by atoms with Crippen molar-refractivity contribution in [3.05, 3.63) is 54.5 Å². The van der Waals surface area contributed by atoms with Gasteiger partial charge in [-0.05, 0) is 51.0 Å². The number of aromatic nitrogens is 4. The molecule has 10 nitrogen and oxygen atoms in total. The van der Waals surface area contributed by atoms with Crippen LogP contribution in [0.15, 0.2) is 48.9 Å². The summed E-state index contributed by atoms with van der Waals surface area (Å²) < 4.78 is 5.37. The largest absolute Gasteiger partial charge is 0.444 e. The summed E-state index contributed by atoms with van der Waals surface area (Å²) in [6, 6.07) is 9.22. The number of benzene rings is 1. The van der Waals surface area contributed by atoms with E-state index in [4.69, 9.17) is 4.74 Å². The number of hydrogen-bond acceptors (Lipinski definition) is 9. The lowest BCUT2D eigenvalue weighted by Gasteiger charge is -2.25. The first-order chi connectivity index (χ1) is 16.6. The fraction of sp³-hybridized carbons (Fsp3) is 0.400. The number of nitrogens with one attached hydrogen (secondary N) is 1. The standard InChI is InChI=1S/C25H33N7O3/c1-25(2,3)35-24(34)32(5)13-7-12-31(4)23-27-15-19(16-28-23)21-10-11-26-22(30-21)29-20-9-6-8-18(14-20)17-33/h6,8-11,14-16,33H,7,12-13,17H2,1-5H3,(H,26,29,30). The number of carbonyl (C=O) groups is 1. The van der Waals surface area contributed by atoms with Crippen molar-refractivity contribution in [1.82, 2.24) is 24.8 Å². The lowest BCUT2D eigenvalue weighted by Crippen LogP contribution is -2.35. The number of carbonyl (C=O) groups excluding carboxylic acids is 1. The Hall–Kier alpha value is -3.79. The lowest BCUT2D eigenvalue weighted by atomic mass is 10.2. The molecule has 0 spiro atoms. The predicted octanol–water partition coefficient (Wildman–Crippen LogP) is 3.86. The summed E-state index contributed by atoms with van der Waals surface area (Å²) in [7, 11) is 3.64. The lowest BCUT2D eigenvalue weighted by molar-refractivity contribution is 0.0298. The Labute approximate surface area is 206 Å². The summed E-state index contributed by atoms with van der Waals surface area (Å²) in [5, 5.41) is 12.5. The summed E-state index contributed by atoms with van der Waals surface area (Å²) in [5.74, 6) is 1.02. The Bertz CT molecular complexity index is 1120. The van der Waals surface area contributed by atoms with Gasteiger partial charge in [-0.2, -0.15) is 0 Å². The predicted molar refractivity (Wildman–Crippen MR) is 135 cm³/mol. The highest BCUT2D eigenvalue weighted by Gasteiger charge is 2.19. The molecule has 1 amide bonds. The molecule has 0 aliphatic heterocycles. The minimum atomic E-state index is -0.511. The van der Waals surface area contributed by atoms with Crippen LogP contribution in [0.1, 0.15) is 32.8 Å². The van der Waals surface area contributed by atoms with E-state index in [1.807, 2.05) is 57.0 Å². The molecule has 0 aliphatic rings. The molecule has 2 N–H and O–H groups in total. The molecule has 2 heterocycles. The zero-order chi connectivity index (χ0) is 25.4. The van der Waals surface area contributed by atoms with Gasteiger partial charge in [0.15, 0.2) is 0 Å². The van der Waals surface area contributed by atoms with E-state index in [0.29, 0.717) is 30.7 Å². The molecule has 0 saturated heterocycles. The van der Waals surface area contributed by atoms with E-state index in [1.54, 1.807) is 36.6 Å². The third-order valence-corrected chi connectivity index (χ3v) is 4.99. The fourth-order valence-corrected chi connectivity index (χ4v) is 3.18. The molecule has 3 aromatic rings. The molecule has 0 bridgehead atoms. The molecule has 0 unspecified atom stereocenters. The van der Waals surface area contributed by atoms with Crippen molar-refractivity contribution in [1.29, 1.82) is 0 Å². The molecule has 3 rings (SSSR count). The quantitative estimate of drug-likeness (QED) is 0.472. The maximum atomic E-state index is 12.1. The Kier molecular flexibility index (Phi) is 8.53. The maximum Gasteiger partial charge on any atom is 0.410 e. The van der Waals surface area contributed by atoms with E-state index in [0.717, 1.165) is 23.2 Å². The highest BCUT2D eigenvalue weighted by atomic mass is 16.6. The van der Waals surface area contributed by atoms with Crippen molar-refractivity contribution in [2.24, 2.45) is 0 Å². The number of rotatable bonds is 9. The molecule has 2 aromatic heterocycles. The SMILES string of the molecule is CN(CCCN(C)c1ncc(-c2ccnc(Nc3cccc(CO)c3)n2)cn1)C(=O)OC(C)(C)C. The van der Waals surface area contributed by atoms with Crippen molar-refractivity contribution < 1.29 is 14.6 Å². The molecular formula is C25H33N7O3. The van der Waals surface area contributed by atoms with Gasteiger partial charge in [-0.15, -0.1) is 0 Å². The van der Waals surface area contributed by atoms with Crippen LogP contribution in [0.2, 0.25) is 0 Å². The van der Waals surface area contributed by atoms with Gasteiger partial charge in [0, 0.05) is 57.0 Å². The van der Waals surface area contributed by atoms with Crippen molar-refractivity contribution in [3.63, 3.8) is 0 Å². The van der Waals surface area contributed by atoms with Crippen molar-refractivity contribution in [2.75, 3.05) is 37.4 Å². The number of aliphatic hydroxyl groups is 1. The topological polar surface area (TPSA) is 117 Å². The summed E-state index contributed by atoms with van der Waals surface area (Å²) in [6.45, 7) is 6.76. The number of hydrogen-bond donors (Lipinski definition) is 2. The van der Waals surface area contributed by atoms with Crippen LogP contribution in [0.5, 0.6) is 0 Å². The van der Waals surface area contributed by atoms with Crippen LogP contribution in [0.25, 0.3) is 11.3 Å². The van der Waals surface area contributed by atoms with Gasteiger partial charge in [0.1, 0.15) is 5.60 Å². The van der Waals surface area contributed by atoms with Crippen LogP contribution < -0.4 is 10.2 Å². The van der Waals surface area contributed by atoms with Gasteiger partial charge in [-0.1, -0.05) is 12.1 Å². The minimum Gasteiger partial charge on any atom is -0.444 e. The Balaban J connectivity index is 1.56. The molecule has 186 valence electrons. The van der Waals surface area contributed by atoms with Gasteiger partial charge >= 0.3 is 6.09 Å². The average molecular weight is 480 g/mol. The Morgan fingerprint density at radius 2 is 1.83 bits per heavy atom. The third-order valence-electron chi connectivity index (χ3n) is 4.99. The summed E-state index contributed by atoms with van der Waals surface area (Å²) in [6.07, 6.45) is 5.53. The Morgan fingerprint density at radius 3 is 2.51 bits per heavy atom. The number of aliphatic hydroxyl groups excluding tert-OH is 1. The van der Waals surface area contributed by atoms with E-state index < -0.39 is 5.60 Å². The first kappa shape index (κ1) is 25.8. The van der Waals surface area contributed by atoms with E-state index in [-0.39, 0.29) is 12.7 Å². The van der Waals surface area contributed by atoms with Gasteiger partial charge in [-0.3, -0.25) is 0 Å². The zero-order valence-corrected chi connectivity index (χ0v) is 20.9. The highest BCUT2D eigenvalue weighted by molar-refractivity contribution is 5.67. The second-order valence-corrected chi connectivity index (χ2v) is 9.20. The first-order valence-electron chi connectivity index (χ1n) is 11.4. The highest BCUT2D eigenvalue weighted by Crippen LogP contribution is 2.20. The number of nitrogens with zero attached hydrogens (tertiary/aromatic N) is 6. The number of anilines is 3. The molecular weight excluding hydrogens is 446 g/mol. The average Bonchev–Trinajstić information content (AvgIpc) is 2.83. The Morgan fingerprint density at radius 1 is 1.09 bits per heavy atom. The van der Waals surface area contributed by atoms with E-state index in [2.05, 4.69) is 25.3 Å². The second kappa shape index (κ2) is 11.6. The molecule has 0 atom stereocenters. The van der Waals surface area contributed by atoms with Crippen LogP contribution >= 0.6 is 0 Å². The van der Waals surface area contributed by atoms with Crippen LogP contribution in [0.3, 0.4) is 0 Å². The fourth-order valence-electron chi connectivity index (χ4n) is 3.18. The molecule has 0 aliphatic carbocycles. The van der Waals surface area contributed by atoms with Crippen LogP contribution in [0, 0.1) is 0 Å². The molecule has 10 heteroatoms. The monoisotopic (exact) mass is 479 g/mol. The van der Waals surface area contributed by atoms with Crippen LogP contribution in [0.4, 0.5) is 22.4 Å². The second-order valence-electron chi connectivity index (χ2n) is 9.20. The molecule has 0 saturated carbocycles. The number of amides is 1. The first-order valence-corrected chi connectivity index (χ1v) is 11.4. The summed E-state index contributed by atoms with van der Waals surface area (Å²) >= 11 is 0. The molecule has 0 fully saturated rings. The minimum absolute atomic E-state index is 0.0327. The van der Waals surface area contributed by atoms with Gasteiger partial charge in [-0.25, -0.2) is 24.7 Å². The van der Waals surface area contributed by atoms with E-state index in [9.17, 15) is 9.90 Å². The number of ether oxygens (including phenoxy) is 1. The molecule has 0 radical (unpaired) electrons. The van der Waals surface area contributed by atoms with Crippen LogP contribution in [-0.4, -0.2) is 68.8 Å². The van der Waals surface area contributed by atoms with Gasteiger partial charge < -0.3 is 25.0 Å². The van der Waals surface area contributed by atoms with Gasteiger partial charge in [0.2, 0.25) is 11.9 Å². The van der Waals surface area contributed by atoms with Crippen LogP contribution in [-0.2, 0) is 11.3 Å². The van der Waals surface area contributed by atoms with E-state index >= 15 is 0 Å². The van der Waals surface area contributed by atoms with Crippen molar-refractivity contribution in [3.8, 4) is 11.3 Å². The third kappa shape index (κ3) is 7.89.